The molecule has 0 atom stereocenters. The topological polar surface area (TPSA) is 136 Å². The third-order valence-corrected chi connectivity index (χ3v) is 5.25. The Hall–Kier alpha value is -3.52. The molecule has 3 rings (SSSR count). The zero-order valence-electron chi connectivity index (χ0n) is 15.4. The first-order valence-electron chi connectivity index (χ1n) is 8.79. The molecule has 0 radical (unpaired) electrons. The van der Waals surface area contributed by atoms with Crippen molar-refractivity contribution in [1.82, 2.24) is 25.3 Å². The van der Waals surface area contributed by atoms with Crippen LogP contribution in [0.15, 0.2) is 29.1 Å². The van der Waals surface area contributed by atoms with Crippen LogP contribution in [0, 0.1) is 12.3 Å². The molecule has 0 unspecified atom stereocenters. The van der Waals surface area contributed by atoms with Crippen molar-refractivity contribution in [3.8, 4) is 12.3 Å². The molecule has 11 heteroatoms. The minimum Gasteiger partial charge on any atom is -0.436 e. The van der Waals surface area contributed by atoms with Gasteiger partial charge >= 0.3 is 6.09 Å². The van der Waals surface area contributed by atoms with Gasteiger partial charge in [0.25, 0.3) is 5.91 Å². The van der Waals surface area contributed by atoms with E-state index in [-0.39, 0.29) is 24.1 Å². The molecule has 3 heterocycles. The van der Waals surface area contributed by atoms with Gasteiger partial charge in [-0.1, -0.05) is 5.92 Å². The number of piperidine rings is 1. The second-order valence-electron chi connectivity index (χ2n) is 6.12. The van der Waals surface area contributed by atoms with Gasteiger partial charge < -0.3 is 15.4 Å². The van der Waals surface area contributed by atoms with Gasteiger partial charge in [0, 0.05) is 36.8 Å². The lowest BCUT2D eigenvalue weighted by Gasteiger charge is -2.30. The second kappa shape index (κ2) is 9.61. The molecular weight excluding hydrogens is 394 g/mol. The lowest BCUT2D eigenvalue weighted by atomic mass is 9.98. The van der Waals surface area contributed by atoms with E-state index in [2.05, 4.69) is 31.4 Å². The van der Waals surface area contributed by atoms with Crippen molar-refractivity contribution in [3.63, 3.8) is 0 Å². The Balaban J connectivity index is 1.54. The van der Waals surface area contributed by atoms with Gasteiger partial charge in [-0.25, -0.2) is 20.2 Å². The summed E-state index contributed by atoms with van der Waals surface area (Å²) in [6, 6.07) is 0. The molecule has 0 bridgehead atoms. The highest BCUT2D eigenvalue weighted by Gasteiger charge is 2.27. The maximum atomic E-state index is 12.3. The molecule has 3 N–H and O–H groups in total. The first-order chi connectivity index (χ1) is 14.1. The summed E-state index contributed by atoms with van der Waals surface area (Å²) in [5.74, 6) is 2.03. The number of nitrogens with one attached hydrogen (secondary N) is 1. The number of carbonyl (C=O) groups excluding carboxylic acids is 2. The summed E-state index contributed by atoms with van der Waals surface area (Å²) in [7, 11) is 0. The van der Waals surface area contributed by atoms with Gasteiger partial charge in [0.1, 0.15) is 11.4 Å². The van der Waals surface area contributed by atoms with Crippen LogP contribution in [0.4, 0.5) is 4.79 Å². The Morgan fingerprint density at radius 3 is 2.86 bits per heavy atom. The van der Waals surface area contributed by atoms with Gasteiger partial charge in [-0.15, -0.1) is 17.8 Å². The van der Waals surface area contributed by atoms with Crippen molar-refractivity contribution in [2.45, 2.75) is 18.8 Å². The zero-order chi connectivity index (χ0) is 20.6. The molecule has 1 fully saturated rings. The standard InChI is InChI=1S/C18H19N7O3S/c1-2-9-28-18(27)25-7-3-12(4-8-25)17-22-14(11-29-17)16(26)24-23-15(19)13-10-20-5-6-21-13/h1,5-6,10-12H,3-4,7-9H2,(H2,19,23)(H,24,26). The van der Waals surface area contributed by atoms with E-state index in [1.165, 1.54) is 29.9 Å². The number of likely N-dealkylation sites (tertiary alicyclic amines) is 1. The van der Waals surface area contributed by atoms with Gasteiger partial charge in [0.05, 0.1) is 11.2 Å². The van der Waals surface area contributed by atoms with Crippen molar-refractivity contribution in [3.05, 3.63) is 40.4 Å². The van der Waals surface area contributed by atoms with Crippen LogP contribution in [-0.2, 0) is 4.74 Å². The van der Waals surface area contributed by atoms with Gasteiger partial charge in [0.2, 0.25) is 0 Å². The predicted octanol–water partition coefficient (Wildman–Crippen LogP) is 0.933. The molecule has 2 aromatic heterocycles. The summed E-state index contributed by atoms with van der Waals surface area (Å²) in [5, 5.41) is 6.35. The third kappa shape index (κ3) is 5.26. The van der Waals surface area contributed by atoms with Crippen LogP contribution in [-0.4, -0.2) is 57.4 Å². The molecule has 2 aromatic rings. The number of hydrazone groups is 1. The molecule has 1 aliphatic heterocycles. The van der Waals surface area contributed by atoms with Crippen LogP contribution in [0.5, 0.6) is 0 Å². The van der Waals surface area contributed by atoms with E-state index < -0.39 is 12.0 Å². The number of aromatic nitrogens is 3. The molecule has 1 saturated heterocycles. The number of terminal acetylenes is 1. The maximum absolute atomic E-state index is 12.3. The number of rotatable bonds is 5. The minimum atomic E-state index is -0.463. The van der Waals surface area contributed by atoms with E-state index in [0.29, 0.717) is 18.8 Å². The fourth-order valence-corrected chi connectivity index (χ4v) is 3.71. The first kappa shape index (κ1) is 20.2. The van der Waals surface area contributed by atoms with Crippen molar-refractivity contribution >= 4 is 29.2 Å². The zero-order valence-corrected chi connectivity index (χ0v) is 16.3. The maximum Gasteiger partial charge on any atom is 0.410 e. The lowest BCUT2D eigenvalue weighted by Crippen LogP contribution is -2.38. The minimum absolute atomic E-state index is 0.0342. The Morgan fingerprint density at radius 2 is 2.17 bits per heavy atom. The predicted molar refractivity (Wildman–Crippen MR) is 106 cm³/mol. The third-order valence-electron chi connectivity index (χ3n) is 4.24. The Labute approximate surface area is 171 Å². The fraction of sp³-hybridized carbons (Fsp3) is 0.333. The van der Waals surface area contributed by atoms with Gasteiger partial charge in [0.15, 0.2) is 12.4 Å². The average molecular weight is 413 g/mol. The number of amidine groups is 1. The van der Waals surface area contributed by atoms with Crippen molar-refractivity contribution in [1.29, 1.82) is 0 Å². The molecule has 1 aliphatic rings. The van der Waals surface area contributed by atoms with Crippen LogP contribution in [0.1, 0.15) is 39.9 Å². The summed E-state index contributed by atoms with van der Waals surface area (Å²) in [4.78, 5) is 38.0. The molecule has 2 amide bonds. The number of thiazole rings is 1. The van der Waals surface area contributed by atoms with Crippen LogP contribution in [0.3, 0.4) is 0 Å². The highest BCUT2D eigenvalue weighted by Crippen LogP contribution is 2.30. The SMILES string of the molecule is C#CCOC(=O)N1CCC(c2nc(C(=O)N/N=C(/N)c3cnccn3)cs2)CC1. The van der Waals surface area contributed by atoms with Crippen molar-refractivity contribution < 1.29 is 14.3 Å². The highest BCUT2D eigenvalue weighted by molar-refractivity contribution is 7.09. The van der Waals surface area contributed by atoms with Gasteiger partial charge in [-0.3, -0.25) is 9.78 Å². The van der Waals surface area contributed by atoms with Gasteiger partial charge in [-0.2, -0.15) is 5.10 Å². The molecule has 0 saturated carbocycles. The summed E-state index contributed by atoms with van der Waals surface area (Å²) in [6.45, 7) is 1.07. The van der Waals surface area contributed by atoms with Crippen LogP contribution >= 0.6 is 11.3 Å². The van der Waals surface area contributed by atoms with E-state index in [1.54, 1.807) is 10.3 Å². The number of ether oxygens (including phenoxy) is 1. The Bertz CT molecular complexity index is 930. The van der Waals surface area contributed by atoms with Gasteiger partial charge in [-0.05, 0) is 12.8 Å². The molecule has 29 heavy (non-hydrogen) atoms. The largest absolute Gasteiger partial charge is 0.436 e. The number of carbonyl (C=O) groups is 2. The lowest BCUT2D eigenvalue weighted by molar-refractivity contribution is 0.0950. The molecule has 0 spiro atoms. The first-order valence-corrected chi connectivity index (χ1v) is 9.67. The second-order valence-corrected chi connectivity index (χ2v) is 7.01. The smallest absolute Gasteiger partial charge is 0.410 e. The summed E-state index contributed by atoms with van der Waals surface area (Å²) in [5.41, 5.74) is 8.76. The number of nitrogens with zero attached hydrogens (tertiary/aromatic N) is 5. The summed E-state index contributed by atoms with van der Waals surface area (Å²) in [6.07, 6.45) is 10.6. The molecule has 150 valence electrons. The van der Waals surface area contributed by atoms with Crippen molar-refractivity contribution in [2.24, 2.45) is 10.8 Å². The normalized spacial score (nSPS) is 14.9. The fourth-order valence-electron chi connectivity index (χ4n) is 2.74. The molecule has 10 nitrogen and oxygen atoms in total. The van der Waals surface area contributed by atoms with E-state index in [0.717, 1.165) is 17.8 Å². The molecular formula is C18H19N7O3S. The van der Waals surface area contributed by atoms with Crippen molar-refractivity contribution in [2.75, 3.05) is 19.7 Å². The summed E-state index contributed by atoms with van der Waals surface area (Å²) < 4.78 is 4.94. The van der Waals surface area contributed by atoms with E-state index >= 15 is 0 Å². The van der Waals surface area contributed by atoms with Crippen LogP contribution < -0.4 is 11.2 Å². The van der Waals surface area contributed by atoms with Crippen LogP contribution in [0.25, 0.3) is 0 Å². The highest BCUT2D eigenvalue weighted by atomic mass is 32.1. The number of hydrogen-bond donors (Lipinski definition) is 2. The Kier molecular flexibility index (Phi) is 6.70. The van der Waals surface area contributed by atoms with E-state index in [1.807, 2.05) is 0 Å². The average Bonchev–Trinajstić information content (AvgIpc) is 3.26. The van der Waals surface area contributed by atoms with E-state index in [4.69, 9.17) is 16.9 Å². The van der Waals surface area contributed by atoms with E-state index in [9.17, 15) is 9.59 Å². The molecule has 0 aromatic carbocycles. The number of nitrogens with two attached hydrogens (primary N) is 1. The molecule has 0 aliphatic carbocycles. The number of amides is 2. The quantitative estimate of drug-likeness (QED) is 0.322. The summed E-state index contributed by atoms with van der Waals surface area (Å²) >= 11 is 1.40. The number of hydrogen-bond acceptors (Lipinski definition) is 8. The Morgan fingerprint density at radius 1 is 1.38 bits per heavy atom. The van der Waals surface area contributed by atoms with Crippen LogP contribution in [0.2, 0.25) is 0 Å². The monoisotopic (exact) mass is 413 g/mol.